The van der Waals surface area contributed by atoms with Crippen LogP contribution in [-0.2, 0) is 0 Å². The van der Waals surface area contributed by atoms with Crippen LogP contribution in [0.15, 0.2) is 12.1 Å². The largest absolute Gasteiger partial charge is 0.631 e. The average molecular weight is 196 g/mol. The first kappa shape index (κ1) is 13.2. The van der Waals surface area contributed by atoms with E-state index in [-0.39, 0.29) is 0 Å². The molecule has 0 spiro atoms. The molecule has 0 saturated heterocycles. The summed E-state index contributed by atoms with van der Waals surface area (Å²) in [6.45, 7) is 8.62. The van der Waals surface area contributed by atoms with Crippen LogP contribution in [0.5, 0.6) is 0 Å². The second-order valence-electron chi connectivity index (χ2n) is 3.37. The van der Waals surface area contributed by atoms with Crippen LogP contribution in [0.1, 0.15) is 22.3 Å². The number of hydrogen-bond acceptors (Lipinski definition) is 3. The van der Waals surface area contributed by atoms with Gasteiger partial charge in [-0.05, 0) is 49.9 Å². The lowest BCUT2D eigenvalue weighted by Crippen LogP contribution is -2.07. The molecule has 1 aromatic carbocycles. The van der Waals surface area contributed by atoms with Gasteiger partial charge in [-0.25, -0.2) is 0 Å². The summed E-state index contributed by atoms with van der Waals surface area (Å²) in [5, 5.41) is 21.5. The molecule has 0 aliphatic rings. The molecule has 0 saturated carbocycles. The van der Waals surface area contributed by atoms with Gasteiger partial charge in [0.05, 0.1) is 0 Å². The maximum atomic E-state index is 7.17. The van der Waals surface area contributed by atoms with Crippen LogP contribution < -0.4 is 0 Å². The molecule has 0 aliphatic carbocycles. The minimum Gasteiger partial charge on any atom is -0.402 e. The lowest BCUT2D eigenvalue weighted by atomic mass is 10.0. The summed E-state index contributed by atoms with van der Waals surface area (Å²) in [5.41, 5.74) is 5.57. The minimum atomic E-state index is -2.17. The standard InChI is InChI=1S/C10H14.BH3O3/c1-7-5-9(3)10(4)6-8(7)2;2-1(3)4/h5-6H,1-4H3;2-4H. The van der Waals surface area contributed by atoms with Crippen molar-refractivity contribution >= 4 is 7.32 Å². The SMILES string of the molecule is Cc1cc(C)c(C)cc1C.OB(O)O. The smallest absolute Gasteiger partial charge is 0.402 e. The summed E-state index contributed by atoms with van der Waals surface area (Å²) in [4.78, 5) is 0. The molecule has 3 nitrogen and oxygen atoms in total. The lowest BCUT2D eigenvalue weighted by molar-refractivity contribution is 0.278. The van der Waals surface area contributed by atoms with Gasteiger partial charge in [0.15, 0.2) is 0 Å². The van der Waals surface area contributed by atoms with Crippen molar-refractivity contribution in [3.8, 4) is 0 Å². The van der Waals surface area contributed by atoms with E-state index in [1.165, 1.54) is 22.3 Å². The van der Waals surface area contributed by atoms with Gasteiger partial charge in [0, 0.05) is 0 Å². The average Bonchev–Trinajstić information content (AvgIpc) is 2.00. The number of rotatable bonds is 0. The topological polar surface area (TPSA) is 60.7 Å². The Morgan fingerprint density at radius 1 is 0.714 bits per heavy atom. The van der Waals surface area contributed by atoms with E-state index >= 15 is 0 Å². The number of hydrogen-bond donors (Lipinski definition) is 3. The van der Waals surface area contributed by atoms with Crippen molar-refractivity contribution in [2.75, 3.05) is 0 Å². The minimum absolute atomic E-state index is 1.39. The molecular weight excluding hydrogens is 179 g/mol. The summed E-state index contributed by atoms with van der Waals surface area (Å²) in [7, 11) is -2.17. The highest BCUT2D eigenvalue weighted by molar-refractivity contribution is 6.30. The third-order valence-corrected chi connectivity index (χ3v) is 2.11. The molecular formula is C10H17BO3. The highest BCUT2D eigenvalue weighted by Crippen LogP contribution is 2.13. The number of benzene rings is 1. The monoisotopic (exact) mass is 196 g/mol. The van der Waals surface area contributed by atoms with Crippen LogP contribution in [-0.4, -0.2) is 22.4 Å². The van der Waals surface area contributed by atoms with Crippen LogP contribution in [0.4, 0.5) is 0 Å². The Morgan fingerprint density at radius 3 is 1.00 bits per heavy atom. The molecule has 1 aromatic rings. The summed E-state index contributed by atoms with van der Waals surface area (Å²) >= 11 is 0. The van der Waals surface area contributed by atoms with Gasteiger partial charge in [-0.1, -0.05) is 12.1 Å². The molecule has 78 valence electrons. The van der Waals surface area contributed by atoms with Gasteiger partial charge >= 0.3 is 7.32 Å². The lowest BCUT2D eigenvalue weighted by Gasteiger charge is -2.04. The summed E-state index contributed by atoms with van der Waals surface area (Å²) in [6, 6.07) is 4.48. The second kappa shape index (κ2) is 5.80. The number of aryl methyl sites for hydroxylation is 4. The van der Waals surface area contributed by atoms with Crippen molar-refractivity contribution in [3.05, 3.63) is 34.4 Å². The van der Waals surface area contributed by atoms with Crippen molar-refractivity contribution < 1.29 is 15.1 Å². The van der Waals surface area contributed by atoms with E-state index in [1.54, 1.807) is 0 Å². The van der Waals surface area contributed by atoms with E-state index in [0.717, 1.165) is 0 Å². The molecule has 14 heavy (non-hydrogen) atoms. The molecule has 0 bridgehead atoms. The van der Waals surface area contributed by atoms with Crippen molar-refractivity contribution in [2.24, 2.45) is 0 Å². The van der Waals surface area contributed by atoms with Crippen LogP contribution in [0.25, 0.3) is 0 Å². The van der Waals surface area contributed by atoms with Crippen LogP contribution >= 0.6 is 0 Å². The highest BCUT2D eigenvalue weighted by atomic mass is 16.5. The first-order valence-corrected chi connectivity index (χ1v) is 4.43. The predicted molar refractivity (Wildman–Crippen MR) is 57.8 cm³/mol. The van der Waals surface area contributed by atoms with E-state index in [4.69, 9.17) is 15.1 Å². The summed E-state index contributed by atoms with van der Waals surface area (Å²) in [5.74, 6) is 0. The van der Waals surface area contributed by atoms with Gasteiger partial charge in [0.1, 0.15) is 0 Å². The van der Waals surface area contributed by atoms with Gasteiger partial charge in [0.25, 0.3) is 0 Å². The molecule has 1 rings (SSSR count). The van der Waals surface area contributed by atoms with E-state index in [9.17, 15) is 0 Å². The van der Waals surface area contributed by atoms with Gasteiger partial charge in [0.2, 0.25) is 0 Å². The zero-order chi connectivity index (χ0) is 11.3. The van der Waals surface area contributed by atoms with Gasteiger partial charge < -0.3 is 15.1 Å². The van der Waals surface area contributed by atoms with Gasteiger partial charge in [-0.3, -0.25) is 0 Å². The zero-order valence-corrected chi connectivity index (χ0v) is 9.07. The van der Waals surface area contributed by atoms with Crippen molar-refractivity contribution in [3.63, 3.8) is 0 Å². The Balaban J connectivity index is 0.000000364. The zero-order valence-electron chi connectivity index (χ0n) is 9.07. The van der Waals surface area contributed by atoms with Crippen molar-refractivity contribution in [1.29, 1.82) is 0 Å². The molecule has 0 fully saturated rings. The Kier molecular flexibility index (Phi) is 5.46. The van der Waals surface area contributed by atoms with Crippen LogP contribution in [0.3, 0.4) is 0 Å². The predicted octanol–water partition coefficient (Wildman–Crippen LogP) is 0.868. The fraction of sp³-hybridized carbons (Fsp3) is 0.400. The third kappa shape index (κ3) is 5.02. The first-order valence-electron chi connectivity index (χ1n) is 4.43. The Labute approximate surface area is 85.2 Å². The Hall–Kier alpha value is -0.835. The highest BCUT2D eigenvalue weighted by Gasteiger charge is 1.95. The van der Waals surface area contributed by atoms with Crippen molar-refractivity contribution in [2.45, 2.75) is 27.7 Å². The van der Waals surface area contributed by atoms with E-state index < -0.39 is 7.32 Å². The molecule has 4 heteroatoms. The Morgan fingerprint density at radius 2 is 0.857 bits per heavy atom. The second-order valence-corrected chi connectivity index (χ2v) is 3.37. The quantitative estimate of drug-likeness (QED) is 0.539. The third-order valence-electron chi connectivity index (χ3n) is 2.11. The van der Waals surface area contributed by atoms with Crippen LogP contribution in [0.2, 0.25) is 0 Å². The maximum absolute atomic E-state index is 7.17. The molecule has 0 unspecified atom stereocenters. The summed E-state index contributed by atoms with van der Waals surface area (Å²) in [6.07, 6.45) is 0. The van der Waals surface area contributed by atoms with Gasteiger partial charge in [-0.2, -0.15) is 0 Å². The molecule has 0 heterocycles. The Bertz CT molecular complexity index is 245. The van der Waals surface area contributed by atoms with E-state index in [1.807, 2.05) is 0 Å². The van der Waals surface area contributed by atoms with Crippen molar-refractivity contribution in [1.82, 2.24) is 0 Å². The summed E-state index contributed by atoms with van der Waals surface area (Å²) < 4.78 is 0. The van der Waals surface area contributed by atoms with Gasteiger partial charge in [-0.15, -0.1) is 0 Å². The molecule has 0 aliphatic heterocycles. The van der Waals surface area contributed by atoms with E-state index in [2.05, 4.69) is 39.8 Å². The van der Waals surface area contributed by atoms with E-state index in [0.29, 0.717) is 0 Å². The fourth-order valence-electron chi connectivity index (χ4n) is 1.10. The van der Waals surface area contributed by atoms with Crippen LogP contribution in [0, 0.1) is 27.7 Å². The molecule has 0 radical (unpaired) electrons. The molecule has 0 amide bonds. The fourth-order valence-corrected chi connectivity index (χ4v) is 1.10. The molecule has 0 aromatic heterocycles. The molecule has 3 N–H and O–H groups in total. The molecule has 0 atom stereocenters. The maximum Gasteiger partial charge on any atom is 0.631 e. The first-order chi connectivity index (χ1) is 6.34. The normalized spacial score (nSPS) is 9.07.